The molecule has 0 spiro atoms. The molecule has 3 aromatic carbocycles. The van der Waals surface area contributed by atoms with E-state index in [4.69, 9.17) is 9.72 Å². The molecule has 0 amide bonds. The molecule has 6 nitrogen and oxygen atoms in total. The first-order valence-electron chi connectivity index (χ1n) is 14.7. The molecule has 44 heavy (non-hydrogen) atoms. The number of imidazole rings is 1. The number of nitrogens with zero attached hydrogens (tertiary/aromatic N) is 3. The fourth-order valence-corrected chi connectivity index (χ4v) is 6.02. The number of aryl methyl sites for hydroxylation is 1. The number of aliphatic carboxylic acids is 1. The van der Waals surface area contributed by atoms with Crippen molar-refractivity contribution in [2.45, 2.75) is 57.9 Å². The summed E-state index contributed by atoms with van der Waals surface area (Å²) in [6.45, 7) is 2.68. The smallest absolute Gasteiger partial charge is 0.416 e. The predicted octanol–water partition coefficient (Wildman–Crippen LogP) is 8.41. The molecule has 0 radical (unpaired) electrons. The highest BCUT2D eigenvalue weighted by atomic mass is 19.4. The normalized spacial score (nSPS) is 17.1. The Morgan fingerprint density at radius 3 is 2.50 bits per heavy atom. The maximum absolute atomic E-state index is 13.1. The number of alkyl halides is 3. The van der Waals surface area contributed by atoms with Gasteiger partial charge in [0.2, 0.25) is 0 Å². The highest BCUT2D eigenvalue weighted by molar-refractivity contribution is 5.79. The maximum atomic E-state index is 13.1. The van der Waals surface area contributed by atoms with E-state index in [1.807, 2.05) is 61.5 Å². The van der Waals surface area contributed by atoms with Gasteiger partial charge < -0.3 is 14.4 Å². The molecule has 1 aliphatic rings. The Hall–Kier alpha value is -4.66. The van der Waals surface area contributed by atoms with Crippen molar-refractivity contribution in [2.75, 3.05) is 0 Å². The molecule has 0 aliphatic heterocycles. The third-order valence-corrected chi connectivity index (χ3v) is 8.34. The number of carboxylic acid groups (broad SMARTS) is 1. The van der Waals surface area contributed by atoms with Crippen LogP contribution in [0.2, 0.25) is 0 Å². The average molecular weight is 600 g/mol. The molecule has 2 aromatic heterocycles. The Labute approximate surface area is 253 Å². The SMILES string of the molecule is Cc1ccc(COc2ccc3nc([C@@H]4CCCC[C@@H]4C(=O)O)n(Cc4cccc(-c5ccc(C(F)(F)F)cc5)c4)c3c2)nc1. The highest BCUT2D eigenvalue weighted by Crippen LogP contribution is 2.40. The number of fused-ring (bicyclic) bond motifs is 1. The van der Waals surface area contributed by atoms with E-state index in [0.29, 0.717) is 30.9 Å². The molecule has 226 valence electrons. The third-order valence-electron chi connectivity index (χ3n) is 8.34. The number of ether oxygens (including phenoxy) is 1. The minimum Gasteiger partial charge on any atom is -0.487 e. The molecule has 2 heterocycles. The Balaban J connectivity index is 1.36. The molecule has 0 unspecified atom stereocenters. The lowest BCUT2D eigenvalue weighted by atomic mass is 9.78. The first-order chi connectivity index (χ1) is 21.2. The summed E-state index contributed by atoms with van der Waals surface area (Å²) in [4.78, 5) is 21.7. The van der Waals surface area contributed by atoms with Gasteiger partial charge >= 0.3 is 12.1 Å². The lowest BCUT2D eigenvalue weighted by molar-refractivity contribution is -0.143. The maximum Gasteiger partial charge on any atom is 0.416 e. The van der Waals surface area contributed by atoms with Gasteiger partial charge in [-0.2, -0.15) is 13.2 Å². The van der Waals surface area contributed by atoms with Gasteiger partial charge in [-0.1, -0.05) is 49.2 Å². The minimum atomic E-state index is -4.40. The lowest BCUT2D eigenvalue weighted by Gasteiger charge is -2.28. The van der Waals surface area contributed by atoms with Gasteiger partial charge in [-0.05, 0) is 78.4 Å². The zero-order valence-electron chi connectivity index (χ0n) is 24.2. The molecule has 1 fully saturated rings. The second-order valence-corrected chi connectivity index (χ2v) is 11.4. The van der Waals surface area contributed by atoms with Crippen LogP contribution in [0.25, 0.3) is 22.2 Å². The predicted molar refractivity (Wildman–Crippen MR) is 161 cm³/mol. The van der Waals surface area contributed by atoms with Gasteiger partial charge in [-0.3, -0.25) is 9.78 Å². The van der Waals surface area contributed by atoms with Gasteiger partial charge in [0, 0.05) is 24.7 Å². The number of hydrogen-bond acceptors (Lipinski definition) is 4. The molecule has 0 bridgehead atoms. The Morgan fingerprint density at radius 1 is 0.977 bits per heavy atom. The number of carbonyl (C=O) groups is 1. The van der Waals surface area contributed by atoms with Crippen molar-refractivity contribution in [3.05, 3.63) is 113 Å². The molecule has 5 aromatic rings. The van der Waals surface area contributed by atoms with Crippen molar-refractivity contribution in [1.82, 2.24) is 14.5 Å². The molecule has 6 rings (SSSR count). The van der Waals surface area contributed by atoms with E-state index in [-0.39, 0.29) is 5.92 Å². The van der Waals surface area contributed by atoms with Crippen LogP contribution >= 0.6 is 0 Å². The van der Waals surface area contributed by atoms with Crippen molar-refractivity contribution >= 4 is 17.0 Å². The number of carboxylic acids is 1. The number of benzene rings is 3. The van der Waals surface area contributed by atoms with Crippen LogP contribution in [0.3, 0.4) is 0 Å². The second kappa shape index (κ2) is 12.1. The molecular formula is C35H32F3N3O3. The summed E-state index contributed by atoms with van der Waals surface area (Å²) in [5.41, 5.74) is 5.13. The number of aromatic nitrogens is 3. The van der Waals surface area contributed by atoms with Gasteiger partial charge in [-0.15, -0.1) is 0 Å². The second-order valence-electron chi connectivity index (χ2n) is 11.4. The lowest BCUT2D eigenvalue weighted by Crippen LogP contribution is -2.27. The summed E-state index contributed by atoms with van der Waals surface area (Å²) >= 11 is 0. The summed E-state index contributed by atoms with van der Waals surface area (Å²) in [6, 6.07) is 22.4. The van der Waals surface area contributed by atoms with Crippen molar-refractivity contribution in [3.8, 4) is 16.9 Å². The van der Waals surface area contributed by atoms with Crippen molar-refractivity contribution in [1.29, 1.82) is 0 Å². The standard InChI is InChI=1S/C35H32F3N3O3/c1-22-9-14-27(39-19-22)21-44-28-15-16-31-32(18-28)41(33(40-31)29-7-2-3-8-30(29)34(42)43)20-23-5-4-6-25(17-23)24-10-12-26(13-11-24)35(36,37)38/h4-6,9-19,29-30H,2-3,7-8,20-21H2,1H3,(H,42,43)/t29-,30+/m1/s1. The highest BCUT2D eigenvalue weighted by Gasteiger charge is 2.35. The summed E-state index contributed by atoms with van der Waals surface area (Å²) in [6.07, 6.45) is 0.530. The summed E-state index contributed by atoms with van der Waals surface area (Å²) in [5, 5.41) is 10.1. The zero-order valence-corrected chi connectivity index (χ0v) is 24.2. The molecule has 1 saturated carbocycles. The van der Waals surface area contributed by atoms with Crippen molar-refractivity contribution in [2.24, 2.45) is 5.92 Å². The van der Waals surface area contributed by atoms with Crippen LogP contribution in [-0.4, -0.2) is 25.6 Å². The molecule has 2 atom stereocenters. The van der Waals surface area contributed by atoms with E-state index in [2.05, 4.69) is 9.55 Å². The van der Waals surface area contributed by atoms with Gasteiger partial charge in [0.1, 0.15) is 18.2 Å². The Bertz CT molecular complexity index is 1780. The number of hydrogen-bond donors (Lipinski definition) is 1. The largest absolute Gasteiger partial charge is 0.487 e. The van der Waals surface area contributed by atoms with Crippen LogP contribution in [0, 0.1) is 12.8 Å². The summed E-state index contributed by atoms with van der Waals surface area (Å²) in [7, 11) is 0. The van der Waals surface area contributed by atoms with E-state index in [9.17, 15) is 23.1 Å². The minimum absolute atomic E-state index is 0.243. The van der Waals surface area contributed by atoms with Crippen molar-refractivity contribution in [3.63, 3.8) is 0 Å². The van der Waals surface area contributed by atoms with E-state index in [0.717, 1.165) is 70.6 Å². The van der Waals surface area contributed by atoms with Crippen LogP contribution < -0.4 is 4.74 Å². The summed E-state index contributed by atoms with van der Waals surface area (Å²) in [5.74, 6) is -0.213. The van der Waals surface area contributed by atoms with Crippen LogP contribution in [0.1, 0.15) is 59.8 Å². The van der Waals surface area contributed by atoms with Crippen LogP contribution in [0.5, 0.6) is 5.75 Å². The average Bonchev–Trinajstić information content (AvgIpc) is 3.37. The van der Waals surface area contributed by atoms with Gasteiger partial charge in [0.05, 0.1) is 28.2 Å². The zero-order chi connectivity index (χ0) is 30.8. The van der Waals surface area contributed by atoms with E-state index in [1.165, 1.54) is 12.1 Å². The quantitative estimate of drug-likeness (QED) is 0.194. The van der Waals surface area contributed by atoms with Crippen LogP contribution in [-0.2, 0) is 24.1 Å². The molecule has 0 saturated heterocycles. The first-order valence-corrected chi connectivity index (χ1v) is 14.7. The van der Waals surface area contributed by atoms with Gasteiger partial charge in [0.25, 0.3) is 0 Å². The fourth-order valence-electron chi connectivity index (χ4n) is 6.02. The molecule has 1 N–H and O–H groups in total. The van der Waals surface area contributed by atoms with Gasteiger partial charge in [-0.25, -0.2) is 4.98 Å². The van der Waals surface area contributed by atoms with Gasteiger partial charge in [0.15, 0.2) is 0 Å². The number of rotatable bonds is 8. The Kier molecular flexibility index (Phi) is 8.12. The fraction of sp³-hybridized carbons (Fsp3) is 0.286. The van der Waals surface area contributed by atoms with E-state index < -0.39 is 23.6 Å². The first kappa shape index (κ1) is 29.4. The Morgan fingerprint density at radius 2 is 1.77 bits per heavy atom. The van der Waals surface area contributed by atoms with E-state index >= 15 is 0 Å². The van der Waals surface area contributed by atoms with E-state index in [1.54, 1.807) is 6.20 Å². The molecule has 1 aliphatic carbocycles. The van der Waals surface area contributed by atoms with Crippen LogP contribution in [0.15, 0.2) is 85.1 Å². The summed E-state index contributed by atoms with van der Waals surface area (Å²) < 4.78 is 47.5. The van der Waals surface area contributed by atoms with Crippen molar-refractivity contribution < 1.29 is 27.8 Å². The monoisotopic (exact) mass is 599 g/mol. The van der Waals surface area contributed by atoms with Crippen LogP contribution in [0.4, 0.5) is 13.2 Å². The number of halogens is 3. The third kappa shape index (κ3) is 6.32. The molecule has 9 heteroatoms. The topological polar surface area (TPSA) is 77.2 Å². The molecular weight excluding hydrogens is 567 g/mol. The number of pyridine rings is 1.